The maximum absolute atomic E-state index is 13.5. The van der Waals surface area contributed by atoms with Crippen LogP contribution in [-0.4, -0.2) is 48.0 Å². The lowest BCUT2D eigenvalue weighted by molar-refractivity contribution is -0.147. The molecule has 1 saturated carbocycles. The number of benzene rings is 2. The molecular formula is C29H36Cl2N2O5S. The Morgan fingerprint density at radius 3 is 2.31 bits per heavy atom. The highest BCUT2D eigenvalue weighted by atomic mass is 35.5. The summed E-state index contributed by atoms with van der Waals surface area (Å²) < 4.78 is 28.5. The highest BCUT2D eigenvalue weighted by Crippen LogP contribution is 2.56. The molecule has 39 heavy (non-hydrogen) atoms. The Bertz CT molecular complexity index is 1350. The van der Waals surface area contributed by atoms with Gasteiger partial charge in [0.25, 0.3) is 0 Å². The van der Waals surface area contributed by atoms with Crippen molar-refractivity contribution in [2.24, 2.45) is 11.3 Å². The van der Waals surface area contributed by atoms with Crippen LogP contribution in [0.4, 0.5) is 0 Å². The molecule has 0 spiro atoms. The predicted octanol–water partition coefficient (Wildman–Crippen LogP) is 5.81. The molecule has 2 aliphatic rings. The first-order valence-corrected chi connectivity index (χ1v) is 15.8. The molecule has 0 aromatic heterocycles. The lowest BCUT2D eigenvalue weighted by Crippen LogP contribution is -2.60. The number of carboxylic acids is 1. The summed E-state index contributed by atoms with van der Waals surface area (Å²) in [6.45, 7) is 5.41. The second-order valence-electron chi connectivity index (χ2n) is 11.6. The zero-order valence-electron chi connectivity index (χ0n) is 22.7. The van der Waals surface area contributed by atoms with E-state index < -0.39 is 33.0 Å². The molecule has 1 amide bonds. The highest BCUT2D eigenvalue weighted by Gasteiger charge is 2.57. The van der Waals surface area contributed by atoms with Gasteiger partial charge in [-0.25, -0.2) is 8.42 Å². The summed E-state index contributed by atoms with van der Waals surface area (Å²) in [5, 5.41) is 13.8. The van der Waals surface area contributed by atoms with Crippen LogP contribution in [0.1, 0.15) is 69.9 Å². The molecule has 2 aromatic rings. The van der Waals surface area contributed by atoms with Crippen LogP contribution in [-0.2, 0) is 25.2 Å². The van der Waals surface area contributed by atoms with Crippen LogP contribution in [0.25, 0.3) is 0 Å². The van der Waals surface area contributed by atoms with Crippen molar-refractivity contribution in [3.8, 4) is 0 Å². The van der Waals surface area contributed by atoms with Crippen molar-refractivity contribution < 1.29 is 23.1 Å². The van der Waals surface area contributed by atoms with Crippen molar-refractivity contribution in [2.45, 2.75) is 76.4 Å². The standard InChI is InChI=1S/C29H36Cl2N2O5S/c1-18(2)33(39(4,37)38)29(20-8-9-20,21-10-12-22(30)13-11-21)16-25-24(19-6-5-7-23(31)14-19)15-28(3,17-26(34)35)27(36)32-25/h5-7,10-14,18,20,24-25H,8-9,15-17H2,1-4H3,(H,32,36)(H,34,35)/t24-,25+,28+,29+/m1/s1. The van der Waals surface area contributed by atoms with Crippen LogP contribution >= 0.6 is 23.2 Å². The summed E-state index contributed by atoms with van der Waals surface area (Å²) in [4.78, 5) is 25.2. The normalized spacial score (nSPS) is 25.4. The van der Waals surface area contributed by atoms with Gasteiger partial charge in [0.05, 0.1) is 23.6 Å². The molecule has 1 heterocycles. The molecule has 0 unspecified atom stereocenters. The zero-order chi connectivity index (χ0) is 28.8. The van der Waals surface area contributed by atoms with E-state index in [2.05, 4.69) is 5.32 Å². The number of carbonyl (C=O) groups is 2. The zero-order valence-corrected chi connectivity index (χ0v) is 25.0. The van der Waals surface area contributed by atoms with Crippen molar-refractivity contribution in [3.63, 3.8) is 0 Å². The Morgan fingerprint density at radius 2 is 1.79 bits per heavy atom. The number of nitrogens with one attached hydrogen (secondary N) is 1. The van der Waals surface area contributed by atoms with E-state index >= 15 is 0 Å². The fraction of sp³-hybridized carbons (Fsp3) is 0.517. The minimum Gasteiger partial charge on any atom is -0.481 e. The van der Waals surface area contributed by atoms with E-state index in [0.29, 0.717) is 16.5 Å². The molecule has 0 radical (unpaired) electrons. The number of hydrogen-bond donors (Lipinski definition) is 2. The van der Waals surface area contributed by atoms with Crippen LogP contribution in [0, 0.1) is 11.3 Å². The van der Waals surface area contributed by atoms with Gasteiger partial charge >= 0.3 is 5.97 Å². The number of piperidine rings is 1. The van der Waals surface area contributed by atoms with E-state index in [4.69, 9.17) is 23.2 Å². The Kier molecular flexibility index (Phi) is 8.44. The van der Waals surface area contributed by atoms with Gasteiger partial charge in [0.1, 0.15) is 0 Å². The maximum Gasteiger partial charge on any atom is 0.304 e. The molecule has 4 atom stereocenters. The number of hydrogen-bond acceptors (Lipinski definition) is 4. The fourth-order valence-electron chi connectivity index (χ4n) is 6.62. The minimum atomic E-state index is -3.69. The lowest BCUT2D eigenvalue weighted by Gasteiger charge is -2.50. The quantitative estimate of drug-likeness (QED) is 0.361. The Labute approximate surface area is 240 Å². The third kappa shape index (κ3) is 6.14. The number of sulfonamides is 1. The van der Waals surface area contributed by atoms with E-state index in [1.165, 1.54) is 6.26 Å². The first-order chi connectivity index (χ1) is 18.2. The summed E-state index contributed by atoms with van der Waals surface area (Å²) in [6.07, 6.45) is 3.22. The van der Waals surface area contributed by atoms with Gasteiger partial charge in [0.2, 0.25) is 15.9 Å². The number of amides is 1. The molecule has 2 aromatic carbocycles. The van der Waals surface area contributed by atoms with Crippen LogP contribution < -0.4 is 5.32 Å². The minimum absolute atomic E-state index is 0.0417. The third-order valence-corrected chi connectivity index (χ3v) is 10.1. The number of nitrogens with zero attached hydrogens (tertiary/aromatic N) is 1. The van der Waals surface area contributed by atoms with E-state index in [0.717, 1.165) is 24.0 Å². The van der Waals surface area contributed by atoms with Gasteiger partial charge in [-0.05, 0) is 80.8 Å². The number of aliphatic carboxylic acids is 1. The molecule has 0 bridgehead atoms. The van der Waals surface area contributed by atoms with Gasteiger partial charge in [0, 0.05) is 28.0 Å². The second-order valence-corrected chi connectivity index (χ2v) is 14.4. The van der Waals surface area contributed by atoms with E-state index in [1.54, 1.807) is 29.4 Å². The monoisotopic (exact) mass is 594 g/mol. The van der Waals surface area contributed by atoms with Crippen LogP contribution in [0.3, 0.4) is 0 Å². The second kappa shape index (κ2) is 11.0. The molecule has 2 N–H and O–H groups in total. The summed E-state index contributed by atoms with van der Waals surface area (Å²) >= 11 is 12.6. The van der Waals surface area contributed by atoms with Crippen molar-refractivity contribution in [1.82, 2.24) is 9.62 Å². The molecule has 1 aliphatic carbocycles. The first-order valence-electron chi connectivity index (χ1n) is 13.2. The Morgan fingerprint density at radius 1 is 1.15 bits per heavy atom. The first kappa shape index (κ1) is 29.8. The number of carboxylic acid groups (broad SMARTS) is 1. The number of carbonyl (C=O) groups excluding carboxylic acids is 1. The van der Waals surface area contributed by atoms with E-state index in [-0.39, 0.29) is 36.6 Å². The molecule has 2 fully saturated rings. The van der Waals surface area contributed by atoms with Crippen LogP contribution in [0.5, 0.6) is 0 Å². The van der Waals surface area contributed by atoms with E-state index in [9.17, 15) is 23.1 Å². The number of rotatable bonds is 10. The van der Waals surface area contributed by atoms with Crippen molar-refractivity contribution in [2.75, 3.05) is 6.26 Å². The fourth-order valence-corrected chi connectivity index (χ4v) is 8.63. The molecule has 4 rings (SSSR count). The summed E-state index contributed by atoms with van der Waals surface area (Å²) in [5.74, 6) is -1.64. The molecule has 1 saturated heterocycles. The lowest BCUT2D eigenvalue weighted by atomic mass is 9.66. The molecule has 1 aliphatic heterocycles. The van der Waals surface area contributed by atoms with Crippen LogP contribution in [0.2, 0.25) is 10.0 Å². The Balaban J connectivity index is 1.90. The van der Waals surface area contributed by atoms with Gasteiger partial charge in [-0.2, -0.15) is 4.31 Å². The number of halogens is 2. The molecule has 10 heteroatoms. The average molecular weight is 596 g/mol. The summed E-state index contributed by atoms with van der Waals surface area (Å²) in [5.41, 5.74) is -0.375. The largest absolute Gasteiger partial charge is 0.481 e. The van der Waals surface area contributed by atoms with Gasteiger partial charge in [0.15, 0.2) is 0 Å². The van der Waals surface area contributed by atoms with E-state index in [1.807, 2.05) is 44.2 Å². The van der Waals surface area contributed by atoms with Gasteiger partial charge in [-0.3, -0.25) is 9.59 Å². The average Bonchev–Trinajstić information content (AvgIpc) is 3.66. The summed E-state index contributed by atoms with van der Waals surface area (Å²) in [6, 6.07) is 13.9. The van der Waals surface area contributed by atoms with Crippen molar-refractivity contribution >= 4 is 45.1 Å². The van der Waals surface area contributed by atoms with Gasteiger partial charge in [-0.15, -0.1) is 0 Å². The SMILES string of the molecule is CC(C)N([C@](C[C@@H]1NC(=O)[C@](C)(CC(=O)O)C[C@@H]1c1cccc(Cl)c1)(c1ccc(Cl)cc1)C1CC1)S(C)(=O)=O. The smallest absolute Gasteiger partial charge is 0.304 e. The molecular weight excluding hydrogens is 559 g/mol. The maximum atomic E-state index is 13.5. The molecule has 212 valence electrons. The highest BCUT2D eigenvalue weighted by molar-refractivity contribution is 7.88. The topological polar surface area (TPSA) is 104 Å². The van der Waals surface area contributed by atoms with Crippen molar-refractivity contribution in [1.29, 1.82) is 0 Å². The predicted molar refractivity (Wildman–Crippen MR) is 153 cm³/mol. The van der Waals surface area contributed by atoms with Crippen LogP contribution in [0.15, 0.2) is 48.5 Å². The van der Waals surface area contributed by atoms with Gasteiger partial charge in [-0.1, -0.05) is 54.4 Å². The third-order valence-electron chi connectivity index (χ3n) is 8.19. The summed E-state index contributed by atoms with van der Waals surface area (Å²) in [7, 11) is -3.69. The molecule has 7 nitrogen and oxygen atoms in total. The Hall–Kier alpha value is -2.13. The van der Waals surface area contributed by atoms with Gasteiger partial charge < -0.3 is 10.4 Å². The van der Waals surface area contributed by atoms with Crippen molar-refractivity contribution in [3.05, 3.63) is 69.7 Å².